The van der Waals surface area contributed by atoms with Gasteiger partial charge in [0.1, 0.15) is 12.4 Å². The SMILES string of the molecule is Cc1nn(C)c(COc2cc(C(=O)O)ccc2I)c1Br. The zero-order valence-corrected chi connectivity index (χ0v) is 14.6. The van der Waals surface area contributed by atoms with Crippen LogP contribution in [0.3, 0.4) is 0 Å². The van der Waals surface area contributed by atoms with Crippen LogP contribution in [0.25, 0.3) is 0 Å². The molecule has 0 unspecified atom stereocenters. The summed E-state index contributed by atoms with van der Waals surface area (Å²) >= 11 is 5.59. The molecule has 0 saturated heterocycles. The van der Waals surface area contributed by atoms with Crippen LogP contribution in [0.2, 0.25) is 0 Å². The number of aryl methyl sites for hydroxylation is 2. The highest BCUT2D eigenvalue weighted by Gasteiger charge is 2.13. The Morgan fingerprint density at radius 2 is 2.25 bits per heavy atom. The third kappa shape index (κ3) is 3.14. The number of carboxylic acids is 1. The number of benzene rings is 1. The standard InChI is InChI=1S/C13H12BrIN2O3/c1-7-12(14)10(17(2)16-7)6-20-11-5-8(13(18)19)3-4-9(11)15/h3-5H,6H2,1-2H3,(H,18,19). The second kappa shape index (κ2) is 6.13. The normalized spacial score (nSPS) is 10.6. The van der Waals surface area contributed by atoms with Crippen molar-refractivity contribution in [3.05, 3.63) is 43.2 Å². The van der Waals surface area contributed by atoms with E-state index in [1.54, 1.807) is 16.8 Å². The molecule has 0 aliphatic rings. The van der Waals surface area contributed by atoms with E-state index in [0.717, 1.165) is 19.4 Å². The van der Waals surface area contributed by atoms with Gasteiger partial charge in [-0.2, -0.15) is 5.10 Å². The van der Waals surface area contributed by atoms with Crippen LogP contribution in [-0.4, -0.2) is 20.9 Å². The first kappa shape index (κ1) is 15.3. The third-order valence-electron chi connectivity index (χ3n) is 2.80. The number of ether oxygens (including phenoxy) is 1. The van der Waals surface area contributed by atoms with Gasteiger partial charge in [-0.25, -0.2) is 4.79 Å². The van der Waals surface area contributed by atoms with E-state index in [-0.39, 0.29) is 5.56 Å². The Morgan fingerprint density at radius 1 is 1.55 bits per heavy atom. The Kier molecular flexibility index (Phi) is 4.69. The van der Waals surface area contributed by atoms with Gasteiger partial charge in [-0.05, 0) is 63.6 Å². The summed E-state index contributed by atoms with van der Waals surface area (Å²) in [5.74, 6) is -0.417. The minimum Gasteiger partial charge on any atom is -0.486 e. The van der Waals surface area contributed by atoms with E-state index in [9.17, 15) is 4.79 Å². The Morgan fingerprint density at radius 3 is 2.80 bits per heavy atom. The summed E-state index contributed by atoms with van der Waals surface area (Å²) in [4.78, 5) is 11.0. The molecule has 0 amide bonds. The lowest BCUT2D eigenvalue weighted by atomic mass is 10.2. The lowest BCUT2D eigenvalue weighted by Crippen LogP contribution is -2.05. The van der Waals surface area contributed by atoms with Gasteiger partial charge < -0.3 is 9.84 Å². The molecule has 106 valence electrons. The van der Waals surface area contributed by atoms with Gasteiger partial charge in [0.25, 0.3) is 0 Å². The van der Waals surface area contributed by atoms with E-state index in [0.29, 0.717) is 12.4 Å². The first-order chi connectivity index (χ1) is 9.40. The van der Waals surface area contributed by atoms with Gasteiger partial charge in [0.15, 0.2) is 0 Å². The highest BCUT2D eigenvalue weighted by atomic mass is 127. The summed E-state index contributed by atoms with van der Waals surface area (Å²) in [5, 5.41) is 13.3. The average Bonchev–Trinajstić information content (AvgIpc) is 2.63. The average molecular weight is 451 g/mol. The first-order valence-electron chi connectivity index (χ1n) is 5.73. The van der Waals surface area contributed by atoms with Crippen LogP contribution in [0.5, 0.6) is 5.75 Å². The fourth-order valence-electron chi connectivity index (χ4n) is 1.73. The molecule has 0 aliphatic carbocycles. The molecule has 1 heterocycles. The molecule has 2 rings (SSSR count). The van der Waals surface area contributed by atoms with Crippen molar-refractivity contribution in [2.24, 2.45) is 7.05 Å². The molecule has 0 aliphatic heterocycles. The quantitative estimate of drug-likeness (QED) is 0.725. The van der Waals surface area contributed by atoms with E-state index in [1.807, 2.05) is 14.0 Å². The minimum atomic E-state index is -0.969. The maximum absolute atomic E-state index is 11.0. The van der Waals surface area contributed by atoms with Crippen LogP contribution in [0.1, 0.15) is 21.7 Å². The Bertz CT molecular complexity index is 670. The van der Waals surface area contributed by atoms with Gasteiger partial charge in [0.2, 0.25) is 0 Å². The second-order valence-corrected chi connectivity index (χ2v) is 6.16. The minimum absolute atomic E-state index is 0.209. The number of carbonyl (C=O) groups is 1. The molecule has 0 spiro atoms. The Labute approximate surface area is 138 Å². The number of aromatic carboxylic acids is 1. The molecule has 20 heavy (non-hydrogen) atoms. The summed E-state index contributed by atoms with van der Waals surface area (Å²) in [6.07, 6.45) is 0. The van der Waals surface area contributed by atoms with Crippen LogP contribution >= 0.6 is 38.5 Å². The topological polar surface area (TPSA) is 64.4 Å². The smallest absolute Gasteiger partial charge is 0.335 e. The molecule has 5 nitrogen and oxygen atoms in total. The maximum Gasteiger partial charge on any atom is 0.335 e. The van der Waals surface area contributed by atoms with E-state index >= 15 is 0 Å². The lowest BCUT2D eigenvalue weighted by molar-refractivity contribution is 0.0696. The highest BCUT2D eigenvalue weighted by Crippen LogP contribution is 2.26. The number of hydrogen-bond acceptors (Lipinski definition) is 3. The van der Waals surface area contributed by atoms with Crippen LogP contribution in [0.4, 0.5) is 0 Å². The van der Waals surface area contributed by atoms with Crippen LogP contribution < -0.4 is 4.74 Å². The van der Waals surface area contributed by atoms with Crippen molar-refractivity contribution in [3.8, 4) is 5.75 Å². The lowest BCUT2D eigenvalue weighted by Gasteiger charge is -2.09. The van der Waals surface area contributed by atoms with E-state index in [1.165, 1.54) is 6.07 Å². The predicted octanol–water partition coefficient (Wildman–Crippen LogP) is 3.37. The van der Waals surface area contributed by atoms with Crippen LogP contribution in [-0.2, 0) is 13.7 Å². The van der Waals surface area contributed by atoms with Gasteiger partial charge in [-0.3, -0.25) is 4.68 Å². The van der Waals surface area contributed by atoms with Gasteiger partial charge in [0, 0.05) is 7.05 Å². The molecule has 0 bridgehead atoms. The zero-order chi connectivity index (χ0) is 14.9. The molecule has 1 aromatic heterocycles. The number of halogens is 2. The van der Waals surface area contributed by atoms with Crippen LogP contribution in [0.15, 0.2) is 22.7 Å². The molecule has 7 heteroatoms. The molecule has 2 aromatic rings. The van der Waals surface area contributed by atoms with Crippen molar-refractivity contribution >= 4 is 44.5 Å². The number of aromatic nitrogens is 2. The second-order valence-electron chi connectivity index (χ2n) is 4.21. The van der Waals surface area contributed by atoms with Gasteiger partial charge in [-0.15, -0.1) is 0 Å². The maximum atomic E-state index is 11.0. The van der Waals surface area contributed by atoms with Gasteiger partial charge in [-0.1, -0.05) is 0 Å². The van der Waals surface area contributed by atoms with Crippen LogP contribution in [0, 0.1) is 10.5 Å². The molecule has 1 aromatic carbocycles. The van der Waals surface area contributed by atoms with Crippen molar-refractivity contribution in [3.63, 3.8) is 0 Å². The number of hydrogen-bond donors (Lipinski definition) is 1. The van der Waals surface area contributed by atoms with E-state index in [2.05, 4.69) is 43.6 Å². The summed E-state index contributed by atoms with van der Waals surface area (Å²) in [5.41, 5.74) is 2.00. The van der Waals surface area contributed by atoms with Crippen molar-refractivity contribution in [2.75, 3.05) is 0 Å². The number of nitrogens with zero attached hydrogens (tertiary/aromatic N) is 2. The third-order valence-corrected chi connectivity index (χ3v) is 4.73. The van der Waals surface area contributed by atoms with E-state index in [4.69, 9.17) is 9.84 Å². The van der Waals surface area contributed by atoms with E-state index < -0.39 is 5.97 Å². The number of rotatable bonds is 4. The monoisotopic (exact) mass is 450 g/mol. The summed E-state index contributed by atoms with van der Waals surface area (Å²) in [6, 6.07) is 4.81. The molecule has 0 radical (unpaired) electrons. The zero-order valence-electron chi connectivity index (χ0n) is 10.9. The summed E-state index contributed by atoms with van der Waals surface area (Å²) in [6.45, 7) is 2.22. The van der Waals surface area contributed by atoms with Crippen molar-refractivity contribution in [1.82, 2.24) is 9.78 Å². The Hall–Kier alpha value is -1.09. The Balaban J connectivity index is 2.22. The van der Waals surface area contributed by atoms with Crippen molar-refractivity contribution in [2.45, 2.75) is 13.5 Å². The van der Waals surface area contributed by atoms with Crippen molar-refractivity contribution in [1.29, 1.82) is 0 Å². The predicted molar refractivity (Wildman–Crippen MR) is 86.1 cm³/mol. The molecule has 0 saturated carbocycles. The van der Waals surface area contributed by atoms with Crippen molar-refractivity contribution < 1.29 is 14.6 Å². The van der Waals surface area contributed by atoms with Gasteiger partial charge in [0.05, 0.1) is 25.0 Å². The molecule has 0 atom stereocenters. The molecular formula is C13H12BrIN2O3. The van der Waals surface area contributed by atoms with Gasteiger partial charge >= 0.3 is 5.97 Å². The molecular weight excluding hydrogens is 439 g/mol. The number of carboxylic acid groups (broad SMARTS) is 1. The summed E-state index contributed by atoms with van der Waals surface area (Å²) in [7, 11) is 1.84. The molecule has 0 fully saturated rings. The fraction of sp³-hybridized carbons (Fsp3) is 0.231. The molecule has 1 N–H and O–H groups in total. The first-order valence-corrected chi connectivity index (χ1v) is 7.61. The largest absolute Gasteiger partial charge is 0.486 e. The fourth-order valence-corrected chi connectivity index (χ4v) is 2.67. The highest BCUT2D eigenvalue weighted by molar-refractivity contribution is 14.1. The summed E-state index contributed by atoms with van der Waals surface area (Å²) < 4.78 is 9.24.